The van der Waals surface area contributed by atoms with Crippen LogP contribution in [0.1, 0.15) is 18.9 Å². The Hall–Kier alpha value is -1.55. The maximum absolute atomic E-state index is 11.8. The first-order valence-corrected chi connectivity index (χ1v) is 5.89. The van der Waals surface area contributed by atoms with Crippen molar-refractivity contribution in [3.63, 3.8) is 0 Å². The van der Waals surface area contributed by atoms with E-state index in [4.69, 9.17) is 10.5 Å². The Labute approximate surface area is 101 Å². The van der Waals surface area contributed by atoms with Crippen molar-refractivity contribution in [2.45, 2.75) is 32.0 Å². The predicted octanol–water partition coefficient (Wildman–Crippen LogP) is 1.74. The number of benzene rings is 1. The molecular weight excluding hydrogens is 216 g/mol. The Kier molecular flexibility index (Phi) is 3.64. The summed E-state index contributed by atoms with van der Waals surface area (Å²) >= 11 is 0. The lowest BCUT2D eigenvalue weighted by Crippen LogP contribution is -2.35. The molecule has 4 nitrogen and oxygen atoms in total. The molecule has 1 aromatic rings. The first kappa shape index (κ1) is 11.9. The van der Waals surface area contributed by atoms with Crippen LogP contribution in [0.4, 0.5) is 4.79 Å². The van der Waals surface area contributed by atoms with Gasteiger partial charge in [0.05, 0.1) is 0 Å². The van der Waals surface area contributed by atoms with Crippen LogP contribution in [0.15, 0.2) is 30.3 Å². The van der Waals surface area contributed by atoms with E-state index in [1.165, 1.54) is 0 Å². The summed E-state index contributed by atoms with van der Waals surface area (Å²) in [7, 11) is 0. The van der Waals surface area contributed by atoms with Crippen LogP contribution in [0.2, 0.25) is 0 Å². The molecule has 1 saturated heterocycles. The fourth-order valence-electron chi connectivity index (χ4n) is 2.13. The molecule has 1 amide bonds. The van der Waals surface area contributed by atoms with Gasteiger partial charge in [0, 0.05) is 18.6 Å². The van der Waals surface area contributed by atoms with E-state index in [-0.39, 0.29) is 18.2 Å². The second-order valence-corrected chi connectivity index (χ2v) is 4.54. The van der Waals surface area contributed by atoms with Crippen LogP contribution in [-0.2, 0) is 11.3 Å². The molecule has 0 aliphatic carbocycles. The van der Waals surface area contributed by atoms with Crippen molar-refractivity contribution in [3.8, 4) is 0 Å². The zero-order chi connectivity index (χ0) is 12.3. The van der Waals surface area contributed by atoms with E-state index in [0.29, 0.717) is 13.2 Å². The van der Waals surface area contributed by atoms with Gasteiger partial charge in [-0.05, 0) is 18.9 Å². The molecule has 1 fully saturated rings. The number of rotatable bonds is 2. The topological polar surface area (TPSA) is 55.6 Å². The van der Waals surface area contributed by atoms with Crippen molar-refractivity contribution >= 4 is 6.09 Å². The average molecular weight is 234 g/mol. The molecule has 1 aliphatic rings. The minimum Gasteiger partial charge on any atom is -0.445 e. The van der Waals surface area contributed by atoms with Crippen LogP contribution in [0, 0.1) is 0 Å². The Balaban J connectivity index is 1.86. The van der Waals surface area contributed by atoms with Crippen LogP contribution in [0.5, 0.6) is 0 Å². The molecule has 0 bridgehead atoms. The second-order valence-electron chi connectivity index (χ2n) is 4.54. The first-order chi connectivity index (χ1) is 8.16. The lowest BCUT2D eigenvalue weighted by Gasteiger charge is -2.20. The summed E-state index contributed by atoms with van der Waals surface area (Å²) in [6.07, 6.45) is 0.578. The summed E-state index contributed by atoms with van der Waals surface area (Å²) in [5.41, 5.74) is 6.81. The van der Waals surface area contributed by atoms with Crippen molar-refractivity contribution in [1.29, 1.82) is 0 Å². The van der Waals surface area contributed by atoms with Crippen LogP contribution >= 0.6 is 0 Å². The van der Waals surface area contributed by atoms with Gasteiger partial charge in [0.25, 0.3) is 0 Å². The van der Waals surface area contributed by atoms with E-state index in [1.54, 1.807) is 4.90 Å². The molecule has 2 rings (SSSR count). The molecule has 1 aliphatic heterocycles. The number of nitrogens with two attached hydrogens (primary N) is 1. The van der Waals surface area contributed by atoms with Crippen molar-refractivity contribution in [2.24, 2.45) is 5.73 Å². The van der Waals surface area contributed by atoms with E-state index < -0.39 is 0 Å². The number of carbonyl (C=O) groups excluding carboxylic acids is 1. The smallest absolute Gasteiger partial charge is 0.410 e. The molecular formula is C13H18N2O2. The molecule has 1 heterocycles. The van der Waals surface area contributed by atoms with Gasteiger partial charge >= 0.3 is 6.09 Å². The Morgan fingerprint density at radius 3 is 2.76 bits per heavy atom. The molecule has 1 aromatic carbocycles. The molecule has 0 spiro atoms. The number of likely N-dealkylation sites (tertiary alicyclic amines) is 1. The quantitative estimate of drug-likeness (QED) is 0.848. The molecule has 4 heteroatoms. The summed E-state index contributed by atoms with van der Waals surface area (Å²) in [4.78, 5) is 13.5. The lowest BCUT2D eigenvalue weighted by molar-refractivity contribution is 0.0941. The van der Waals surface area contributed by atoms with Gasteiger partial charge < -0.3 is 15.4 Å². The molecule has 0 saturated carbocycles. The second kappa shape index (κ2) is 5.19. The number of carbonyl (C=O) groups is 1. The van der Waals surface area contributed by atoms with Crippen molar-refractivity contribution in [3.05, 3.63) is 35.9 Å². The van der Waals surface area contributed by atoms with Gasteiger partial charge in [0.1, 0.15) is 6.61 Å². The maximum Gasteiger partial charge on any atom is 0.410 e. The first-order valence-electron chi connectivity index (χ1n) is 5.89. The van der Waals surface area contributed by atoms with Crippen LogP contribution in [0.25, 0.3) is 0 Å². The summed E-state index contributed by atoms with van der Waals surface area (Å²) < 4.78 is 5.26. The Morgan fingerprint density at radius 1 is 1.47 bits per heavy atom. The normalized spacial score (nSPS) is 23.8. The van der Waals surface area contributed by atoms with Gasteiger partial charge in [-0.2, -0.15) is 0 Å². The fourth-order valence-corrected chi connectivity index (χ4v) is 2.13. The highest BCUT2D eigenvalue weighted by Gasteiger charge is 2.31. The number of hydrogen-bond acceptors (Lipinski definition) is 3. The highest BCUT2D eigenvalue weighted by atomic mass is 16.6. The van der Waals surface area contributed by atoms with Gasteiger partial charge in [-0.3, -0.25) is 0 Å². The largest absolute Gasteiger partial charge is 0.445 e. The number of ether oxygens (including phenoxy) is 1. The highest BCUT2D eigenvalue weighted by molar-refractivity contribution is 5.68. The van der Waals surface area contributed by atoms with E-state index >= 15 is 0 Å². The van der Waals surface area contributed by atoms with Crippen molar-refractivity contribution in [1.82, 2.24) is 4.90 Å². The van der Waals surface area contributed by atoms with E-state index in [0.717, 1.165) is 12.0 Å². The van der Waals surface area contributed by atoms with E-state index in [1.807, 2.05) is 37.3 Å². The monoisotopic (exact) mass is 234 g/mol. The highest BCUT2D eigenvalue weighted by Crippen LogP contribution is 2.17. The van der Waals surface area contributed by atoms with Crippen molar-refractivity contribution < 1.29 is 9.53 Å². The molecule has 2 N–H and O–H groups in total. The standard InChI is InChI=1S/C13H18N2O2/c1-10-7-12(14)8-15(10)13(16)17-9-11-5-3-2-4-6-11/h2-6,10,12H,7-9,14H2,1H3. The molecule has 2 atom stereocenters. The number of amides is 1. The zero-order valence-electron chi connectivity index (χ0n) is 10.0. The van der Waals surface area contributed by atoms with Gasteiger partial charge in [-0.25, -0.2) is 4.79 Å². The number of hydrogen-bond donors (Lipinski definition) is 1. The Bertz CT molecular complexity index is 380. The molecule has 17 heavy (non-hydrogen) atoms. The fraction of sp³-hybridized carbons (Fsp3) is 0.462. The lowest BCUT2D eigenvalue weighted by atomic mass is 10.2. The average Bonchev–Trinajstić information content (AvgIpc) is 2.67. The minimum absolute atomic E-state index is 0.0780. The third-order valence-corrected chi connectivity index (χ3v) is 3.05. The van der Waals surface area contributed by atoms with Crippen LogP contribution in [0.3, 0.4) is 0 Å². The summed E-state index contributed by atoms with van der Waals surface area (Å²) in [5, 5.41) is 0. The maximum atomic E-state index is 11.8. The third-order valence-electron chi connectivity index (χ3n) is 3.05. The van der Waals surface area contributed by atoms with Gasteiger partial charge in [0.15, 0.2) is 0 Å². The molecule has 92 valence electrons. The SMILES string of the molecule is CC1CC(N)CN1C(=O)OCc1ccccc1. The van der Waals surface area contributed by atoms with Gasteiger partial charge in [-0.15, -0.1) is 0 Å². The summed E-state index contributed by atoms with van der Waals surface area (Å²) in [6, 6.07) is 9.92. The van der Waals surface area contributed by atoms with E-state index in [2.05, 4.69) is 0 Å². The summed E-state index contributed by atoms with van der Waals surface area (Å²) in [5.74, 6) is 0. The molecule has 0 aromatic heterocycles. The number of nitrogens with zero attached hydrogens (tertiary/aromatic N) is 1. The predicted molar refractivity (Wildman–Crippen MR) is 65.4 cm³/mol. The summed E-state index contributed by atoms with van der Waals surface area (Å²) in [6.45, 7) is 2.91. The molecule has 2 unspecified atom stereocenters. The van der Waals surface area contributed by atoms with E-state index in [9.17, 15) is 4.79 Å². The zero-order valence-corrected chi connectivity index (χ0v) is 10.0. The van der Waals surface area contributed by atoms with Crippen LogP contribution in [-0.4, -0.2) is 29.6 Å². The van der Waals surface area contributed by atoms with Gasteiger partial charge in [0.2, 0.25) is 0 Å². The third kappa shape index (κ3) is 2.97. The van der Waals surface area contributed by atoms with Crippen molar-refractivity contribution in [2.75, 3.05) is 6.54 Å². The Morgan fingerprint density at radius 2 is 2.18 bits per heavy atom. The molecule has 0 radical (unpaired) electrons. The van der Waals surface area contributed by atoms with Crippen LogP contribution < -0.4 is 5.73 Å². The van der Waals surface area contributed by atoms with Gasteiger partial charge in [-0.1, -0.05) is 30.3 Å². The minimum atomic E-state index is -0.269.